The monoisotopic (exact) mass is 194 g/mol. The van der Waals surface area contributed by atoms with Gasteiger partial charge in [0.1, 0.15) is 5.82 Å². The van der Waals surface area contributed by atoms with Gasteiger partial charge < -0.3 is 5.11 Å². The molecule has 4 heteroatoms. The average Bonchev–Trinajstić information content (AvgIpc) is 2.17. The van der Waals surface area contributed by atoms with Crippen LogP contribution in [0.5, 0.6) is 0 Å². The van der Waals surface area contributed by atoms with Gasteiger partial charge in [-0.2, -0.15) is 0 Å². The number of carboxylic acids is 1. The van der Waals surface area contributed by atoms with Crippen LogP contribution < -0.4 is 0 Å². The van der Waals surface area contributed by atoms with Crippen molar-refractivity contribution < 1.29 is 9.90 Å². The van der Waals surface area contributed by atoms with Crippen molar-refractivity contribution in [2.75, 3.05) is 0 Å². The van der Waals surface area contributed by atoms with E-state index in [1.165, 1.54) is 6.20 Å². The van der Waals surface area contributed by atoms with Crippen molar-refractivity contribution in [3.05, 3.63) is 23.3 Å². The lowest BCUT2D eigenvalue weighted by Crippen LogP contribution is -2.08. The Labute approximate surface area is 83.0 Å². The summed E-state index contributed by atoms with van der Waals surface area (Å²) in [6, 6.07) is 0. The predicted molar refractivity (Wildman–Crippen MR) is 52.4 cm³/mol. The summed E-state index contributed by atoms with van der Waals surface area (Å²) in [6.45, 7) is 3.94. The minimum atomic E-state index is -0.954. The lowest BCUT2D eigenvalue weighted by atomic mass is 10.2. The Morgan fingerprint density at radius 1 is 1.50 bits per heavy atom. The largest absolute Gasteiger partial charge is 0.478 e. The van der Waals surface area contributed by atoms with Crippen LogP contribution in [0.3, 0.4) is 0 Å². The minimum Gasteiger partial charge on any atom is -0.478 e. The molecule has 0 fully saturated rings. The van der Waals surface area contributed by atoms with Crippen molar-refractivity contribution in [2.45, 2.75) is 33.1 Å². The van der Waals surface area contributed by atoms with Crippen molar-refractivity contribution in [3.63, 3.8) is 0 Å². The molecule has 1 heterocycles. The Bertz CT molecular complexity index is 337. The first-order valence-corrected chi connectivity index (χ1v) is 4.77. The Kier molecular flexibility index (Phi) is 3.56. The molecule has 0 saturated heterocycles. The Morgan fingerprint density at radius 3 is 2.71 bits per heavy atom. The molecule has 0 saturated carbocycles. The first-order chi connectivity index (χ1) is 6.69. The van der Waals surface area contributed by atoms with Gasteiger partial charge in [-0.15, -0.1) is 0 Å². The number of hydrogen-bond donors (Lipinski definition) is 1. The highest BCUT2D eigenvalue weighted by Crippen LogP contribution is 2.07. The number of carbonyl (C=O) groups is 1. The maximum absolute atomic E-state index is 10.8. The van der Waals surface area contributed by atoms with Crippen molar-refractivity contribution >= 4 is 5.97 Å². The normalized spacial score (nSPS) is 10.1. The van der Waals surface area contributed by atoms with Crippen LogP contribution in [-0.2, 0) is 12.8 Å². The molecular formula is C10H14N2O2. The van der Waals surface area contributed by atoms with Crippen LogP contribution >= 0.6 is 0 Å². The third-order valence-electron chi connectivity index (χ3n) is 1.96. The summed E-state index contributed by atoms with van der Waals surface area (Å²) in [7, 11) is 0. The molecule has 0 aromatic carbocycles. The standard InChI is InChI=1S/C10H14N2O2/c1-3-5-9-11-6-7(10(13)14)8(4-2)12-9/h6H,3-5H2,1-2H3,(H,13,14). The van der Waals surface area contributed by atoms with Gasteiger partial charge in [-0.05, 0) is 12.8 Å². The fourth-order valence-electron chi connectivity index (χ4n) is 1.25. The average molecular weight is 194 g/mol. The molecule has 1 rings (SSSR count). The van der Waals surface area contributed by atoms with Crippen LogP contribution in [0.2, 0.25) is 0 Å². The number of aryl methyl sites for hydroxylation is 2. The van der Waals surface area contributed by atoms with Gasteiger partial charge in [0.2, 0.25) is 0 Å². The van der Waals surface area contributed by atoms with Gasteiger partial charge in [0.25, 0.3) is 0 Å². The van der Waals surface area contributed by atoms with Crippen molar-refractivity contribution in [2.24, 2.45) is 0 Å². The van der Waals surface area contributed by atoms with E-state index in [1.54, 1.807) is 0 Å². The molecule has 4 nitrogen and oxygen atoms in total. The maximum atomic E-state index is 10.8. The van der Waals surface area contributed by atoms with E-state index >= 15 is 0 Å². The van der Waals surface area contributed by atoms with E-state index in [4.69, 9.17) is 5.11 Å². The van der Waals surface area contributed by atoms with E-state index < -0.39 is 5.97 Å². The van der Waals surface area contributed by atoms with Crippen molar-refractivity contribution in [3.8, 4) is 0 Å². The molecule has 0 spiro atoms. The molecule has 0 unspecified atom stereocenters. The van der Waals surface area contributed by atoms with Gasteiger partial charge in [0, 0.05) is 12.6 Å². The molecule has 0 radical (unpaired) electrons. The van der Waals surface area contributed by atoms with E-state index in [0.29, 0.717) is 12.1 Å². The van der Waals surface area contributed by atoms with E-state index in [1.807, 2.05) is 13.8 Å². The molecule has 0 amide bonds. The van der Waals surface area contributed by atoms with Crippen molar-refractivity contribution in [1.82, 2.24) is 9.97 Å². The third kappa shape index (κ3) is 2.28. The van der Waals surface area contributed by atoms with Crippen molar-refractivity contribution in [1.29, 1.82) is 0 Å². The molecule has 1 N–H and O–H groups in total. The van der Waals surface area contributed by atoms with Gasteiger partial charge >= 0.3 is 5.97 Å². The third-order valence-corrected chi connectivity index (χ3v) is 1.96. The second kappa shape index (κ2) is 4.69. The Morgan fingerprint density at radius 2 is 2.21 bits per heavy atom. The smallest absolute Gasteiger partial charge is 0.339 e. The predicted octanol–water partition coefficient (Wildman–Crippen LogP) is 1.69. The van der Waals surface area contributed by atoms with Gasteiger partial charge in [0.05, 0.1) is 11.3 Å². The van der Waals surface area contributed by atoms with Gasteiger partial charge in [0.15, 0.2) is 0 Å². The van der Waals surface area contributed by atoms with Crippen LogP contribution in [0, 0.1) is 0 Å². The van der Waals surface area contributed by atoms with E-state index in [-0.39, 0.29) is 5.56 Å². The first-order valence-electron chi connectivity index (χ1n) is 4.77. The topological polar surface area (TPSA) is 63.1 Å². The molecule has 0 aliphatic heterocycles. The Balaban J connectivity index is 3.05. The second-order valence-electron chi connectivity index (χ2n) is 3.06. The number of nitrogens with zero attached hydrogens (tertiary/aromatic N) is 2. The van der Waals surface area contributed by atoms with Gasteiger partial charge in [-0.1, -0.05) is 13.8 Å². The highest BCUT2D eigenvalue weighted by molar-refractivity contribution is 5.88. The van der Waals surface area contributed by atoms with Crippen LogP contribution in [0.25, 0.3) is 0 Å². The quantitative estimate of drug-likeness (QED) is 0.792. The highest BCUT2D eigenvalue weighted by atomic mass is 16.4. The van der Waals surface area contributed by atoms with Crippen LogP contribution in [0.15, 0.2) is 6.20 Å². The lowest BCUT2D eigenvalue weighted by molar-refractivity contribution is 0.0694. The fourth-order valence-corrected chi connectivity index (χ4v) is 1.25. The van der Waals surface area contributed by atoms with Crippen LogP contribution in [0.1, 0.15) is 42.1 Å². The van der Waals surface area contributed by atoms with Gasteiger partial charge in [-0.25, -0.2) is 14.8 Å². The molecule has 0 atom stereocenters. The van der Waals surface area contributed by atoms with Crippen LogP contribution in [0.4, 0.5) is 0 Å². The molecular weight excluding hydrogens is 180 g/mol. The molecule has 76 valence electrons. The molecule has 14 heavy (non-hydrogen) atoms. The lowest BCUT2D eigenvalue weighted by Gasteiger charge is -2.04. The fraction of sp³-hybridized carbons (Fsp3) is 0.500. The van der Waals surface area contributed by atoms with E-state index in [2.05, 4.69) is 9.97 Å². The highest BCUT2D eigenvalue weighted by Gasteiger charge is 2.11. The summed E-state index contributed by atoms with van der Waals surface area (Å²) in [5.41, 5.74) is 0.836. The SMILES string of the molecule is CCCc1ncc(C(=O)O)c(CC)n1. The summed E-state index contributed by atoms with van der Waals surface area (Å²) in [5, 5.41) is 8.84. The summed E-state index contributed by atoms with van der Waals surface area (Å²) in [5.74, 6) is -0.223. The molecule has 0 aliphatic carbocycles. The Hall–Kier alpha value is -1.45. The first kappa shape index (κ1) is 10.6. The summed E-state index contributed by atoms with van der Waals surface area (Å²) in [4.78, 5) is 19.0. The summed E-state index contributed by atoms with van der Waals surface area (Å²) in [6.07, 6.45) is 3.79. The maximum Gasteiger partial charge on any atom is 0.339 e. The zero-order valence-corrected chi connectivity index (χ0v) is 8.45. The summed E-state index contributed by atoms with van der Waals surface area (Å²) >= 11 is 0. The molecule has 1 aromatic rings. The second-order valence-corrected chi connectivity index (χ2v) is 3.06. The number of carboxylic acid groups (broad SMARTS) is 1. The summed E-state index contributed by atoms with van der Waals surface area (Å²) < 4.78 is 0. The van der Waals surface area contributed by atoms with Crippen LogP contribution in [-0.4, -0.2) is 21.0 Å². The molecule has 1 aromatic heterocycles. The number of aromatic carboxylic acids is 1. The zero-order chi connectivity index (χ0) is 10.6. The van der Waals surface area contributed by atoms with E-state index in [0.717, 1.165) is 18.7 Å². The number of aromatic nitrogens is 2. The van der Waals surface area contributed by atoms with E-state index in [9.17, 15) is 4.79 Å². The van der Waals surface area contributed by atoms with Gasteiger partial charge in [-0.3, -0.25) is 0 Å². The number of rotatable bonds is 4. The molecule has 0 aliphatic rings. The number of hydrogen-bond acceptors (Lipinski definition) is 3. The molecule has 0 bridgehead atoms. The minimum absolute atomic E-state index is 0.215. The zero-order valence-electron chi connectivity index (χ0n) is 8.45.